The Hall–Kier alpha value is -0.830. The van der Waals surface area contributed by atoms with Crippen molar-refractivity contribution in [2.24, 2.45) is 0 Å². The zero-order valence-electron chi connectivity index (χ0n) is 9.85. The summed E-state index contributed by atoms with van der Waals surface area (Å²) in [6.45, 7) is 0. The zero-order chi connectivity index (χ0) is 14.5. The quantitative estimate of drug-likeness (QED) is 0.538. The number of halogens is 5. The molecule has 1 atom stereocenters. The number of benzene rings is 1. The first-order chi connectivity index (χ1) is 9.32. The molecule has 0 spiro atoms. The number of hydrogen-bond donors (Lipinski definition) is 1. The molecular formula is C12H8ClF3INO2. The molecular weight excluding hydrogens is 409 g/mol. The summed E-state index contributed by atoms with van der Waals surface area (Å²) in [5.74, 6) is 0. The van der Waals surface area contributed by atoms with Gasteiger partial charge < -0.3 is 4.74 Å². The lowest BCUT2D eigenvalue weighted by Crippen LogP contribution is -2.46. The van der Waals surface area contributed by atoms with Crippen LogP contribution >= 0.6 is 32.3 Å². The summed E-state index contributed by atoms with van der Waals surface area (Å²) in [6.07, 6.45) is -4.36. The van der Waals surface area contributed by atoms with E-state index in [1.54, 1.807) is 0 Å². The minimum atomic E-state index is -4.66. The summed E-state index contributed by atoms with van der Waals surface area (Å²) in [4.78, 5) is 11.5. The van der Waals surface area contributed by atoms with Gasteiger partial charge in [-0.2, -0.15) is 13.2 Å². The third kappa shape index (κ3) is 2.30. The molecule has 1 aliphatic carbocycles. The maximum absolute atomic E-state index is 13.6. The van der Waals surface area contributed by atoms with Crippen molar-refractivity contribution in [3.8, 4) is 0 Å². The van der Waals surface area contributed by atoms with Gasteiger partial charge in [-0.25, -0.2) is 4.79 Å². The van der Waals surface area contributed by atoms with Gasteiger partial charge in [0.05, 0.1) is 5.69 Å². The number of ether oxygens (including phenoxy) is 1. The fourth-order valence-corrected chi connectivity index (χ4v) is 5.28. The van der Waals surface area contributed by atoms with E-state index in [2.05, 4.69) is 5.32 Å². The normalized spacial score (nSPS) is 24.8. The average molecular weight is 418 g/mol. The number of carbonyl (C=O) groups excluding carboxylic acids is 1. The molecule has 20 heavy (non-hydrogen) atoms. The van der Waals surface area contributed by atoms with Gasteiger partial charge >= 0.3 is 12.3 Å². The Balaban J connectivity index is 2.26. The first kappa shape index (κ1) is 14.1. The van der Waals surface area contributed by atoms with E-state index in [4.69, 9.17) is 16.3 Å². The third-order valence-corrected chi connectivity index (χ3v) is 7.12. The highest BCUT2D eigenvalue weighted by Crippen LogP contribution is 2.57. The molecule has 1 saturated carbocycles. The zero-order valence-corrected chi connectivity index (χ0v) is 12.8. The number of rotatable bonds is 1. The third-order valence-electron chi connectivity index (χ3n) is 2.87. The summed E-state index contributed by atoms with van der Waals surface area (Å²) in [5, 5.41) is 2.48. The molecule has 0 aromatic heterocycles. The molecule has 1 aromatic carbocycles. The van der Waals surface area contributed by atoms with E-state index in [0.717, 1.165) is 3.51 Å². The summed E-state index contributed by atoms with van der Waals surface area (Å²) in [7, 11) is 0. The second kappa shape index (κ2) is 4.59. The number of alkyl halides is 4. The fourth-order valence-electron chi connectivity index (χ4n) is 1.87. The van der Waals surface area contributed by atoms with Gasteiger partial charge in [-0.3, -0.25) is 5.32 Å². The lowest BCUT2D eigenvalue weighted by atomic mass is 10.1. The number of nitrogens with one attached hydrogen (secondary N) is 1. The van der Waals surface area contributed by atoms with Crippen molar-refractivity contribution >= 4 is 47.6 Å². The molecule has 0 saturated heterocycles. The van der Waals surface area contributed by atoms with Crippen LogP contribution in [0.1, 0.15) is 18.4 Å². The van der Waals surface area contributed by atoms with Gasteiger partial charge in [-0.05, 0) is 34.5 Å². The lowest BCUT2D eigenvalue weighted by Gasteiger charge is -2.36. The number of hydrogen-bond acceptors (Lipinski definition) is 2. The van der Waals surface area contributed by atoms with Crippen LogP contribution < -0.4 is 5.32 Å². The van der Waals surface area contributed by atoms with Crippen molar-refractivity contribution in [1.82, 2.24) is 0 Å². The first-order valence-electron chi connectivity index (χ1n) is 5.69. The van der Waals surface area contributed by atoms with Gasteiger partial charge in [0.15, 0.2) is 0 Å². The number of carbonyl (C=O) groups is 1. The van der Waals surface area contributed by atoms with Gasteiger partial charge in [0.25, 0.3) is 3.61 Å². The predicted octanol–water partition coefficient (Wildman–Crippen LogP) is 4.55. The van der Waals surface area contributed by atoms with E-state index in [1.165, 1.54) is 18.2 Å². The van der Waals surface area contributed by atoms with Gasteiger partial charge in [0.2, 0.25) is 0 Å². The highest BCUT2D eigenvalue weighted by Gasteiger charge is 2.62. The van der Waals surface area contributed by atoms with E-state index in [-0.39, 0.29) is 16.3 Å². The number of cyclic esters (lactones) is 1. The Morgan fingerprint density at radius 1 is 1.35 bits per heavy atom. The molecule has 0 bridgehead atoms. The van der Waals surface area contributed by atoms with Crippen LogP contribution in [0.4, 0.5) is 23.7 Å². The second-order valence-corrected chi connectivity index (χ2v) is 8.43. The molecule has 0 unspecified atom stereocenters. The molecule has 1 aromatic rings. The van der Waals surface area contributed by atoms with Gasteiger partial charge in [-0.1, -0.05) is 32.3 Å². The first-order valence-corrected chi connectivity index (χ1v) is 8.23. The van der Waals surface area contributed by atoms with E-state index >= 15 is 0 Å². The maximum Gasteiger partial charge on any atom is 0.442 e. The van der Waals surface area contributed by atoms with Gasteiger partial charge in [-0.15, -0.1) is 0 Å². The van der Waals surface area contributed by atoms with E-state index in [9.17, 15) is 18.0 Å². The summed E-state index contributed by atoms with van der Waals surface area (Å²) < 4.78 is 44.0. The molecule has 1 heterocycles. The summed E-state index contributed by atoms with van der Waals surface area (Å²) in [5.41, 5.74) is 0.0215. The van der Waals surface area contributed by atoms with Crippen molar-refractivity contribution < 1.29 is 22.7 Å². The van der Waals surface area contributed by atoms with Crippen LogP contribution in [0.5, 0.6) is 0 Å². The van der Waals surface area contributed by atoms with E-state index in [0.29, 0.717) is 12.8 Å². The molecule has 1 fully saturated rings. The number of amides is 1. The molecule has 3 rings (SSSR count). The monoisotopic (exact) mass is 417 g/mol. The SMILES string of the molecule is O=C1Nc2ccc(Cl)cc2[C@@](I=C2CC2)(C(F)(F)F)O1. The lowest BCUT2D eigenvalue weighted by molar-refractivity contribution is -0.215. The predicted molar refractivity (Wildman–Crippen MR) is 77.5 cm³/mol. The molecule has 2 aliphatic rings. The average Bonchev–Trinajstić information content (AvgIpc) is 3.12. The van der Waals surface area contributed by atoms with Crippen LogP contribution in [0.3, 0.4) is 0 Å². The Morgan fingerprint density at radius 2 is 2.05 bits per heavy atom. The Labute approximate surface area is 127 Å². The highest BCUT2D eigenvalue weighted by atomic mass is 127. The van der Waals surface area contributed by atoms with Crippen molar-refractivity contribution in [2.75, 3.05) is 5.32 Å². The van der Waals surface area contributed by atoms with Gasteiger partial charge in [0.1, 0.15) is 0 Å². The molecule has 1 aliphatic heterocycles. The van der Waals surface area contributed by atoms with Crippen molar-refractivity contribution in [3.05, 3.63) is 28.8 Å². The van der Waals surface area contributed by atoms with Gasteiger partial charge in [0, 0.05) is 10.6 Å². The maximum atomic E-state index is 13.6. The van der Waals surface area contributed by atoms with Crippen LogP contribution in [0, 0.1) is 0 Å². The largest absolute Gasteiger partial charge is 0.442 e. The standard InChI is InChI=1S/C12H8ClF3INO2/c13-6-1-4-9-8(5-6)11(12(14,15)16,17-7-2-3-7)20-10(19)18-9/h1,4-5H,2-3H2,(H,18,19)/t11-/m0/s1. The van der Waals surface area contributed by atoms with Crippen molar-refractivity contribution in [2.45, 2.75) is 22.6 Å². The van der Waals surface area contributed by atoms with Crippen LogP contribution in [0.25, 0.3) is 0 Å². The fraction of sp³-hybridized carbons (Fsp3) is 0.333. The number of fused-ring (bicyclic) bond motifs is 1. The smallest absolute Gasteiger partial charge is 0.418 e. The second-order valence-electron chi connectivity index (χ2n) is 4.41. The Morgan fingerprint density at radius 3 is 2.65 bits per heavy atom. The van der Waals surface area contributed by atoms with Crippen LogP contribution in [0.15, 0.2) is 18.2 Å². The Kier molecular flexibility index (Phi) is 3.24. The van der Waals surface area contributed by atoms with Crippen LogP contribution in [-0.2, 0) is 8.34 Å². The summed E-state index contributed by atoms with van der Waals surface area (Å²) >= 11 is 4.31. The van der Waals surface area contributed by atoms with E-state index in [1.807, 2.05) is 0 Å². The minimum absolute atomic E-state index is 0.0932. The Bertz CT molecular complexity index is 626. The van der Waals surface area contributed by atoms with Crippen molar-refractivity contribution in [1.29, 1.82) is 0 Å². The molecule has 1 N–H and O–H groups in total. The topological polar surface area (TPSA) is 38.3 Å². The number of anilines is 1. The van der Waals surface area contributed by atoms with Crippen LogP contribution in [-0.4, -0.2) is 15.8 Å². The minimum Gasteiger partial charge on any atom is -0.418 e. The highest BCUT2D eigenvalue weighted by molar-refractivity contribution is 14.2. The molecule has 1 amide bonds. The van der Waals surface area contributed by atoms with Crippen molar-refractivity contribution in [3.63, 3.8) is 0 Å². The molecule has 3 nitrogen and oxygen atoms in total. The molecule has 0 radical (unpaired) electrons. The van der Waals surface area contributed by atoms with E-state index < -0.39 is 36.6 Å². The summed E-state index contributed by atoms with van der Waals surface area (Å²) in [6, 6.07) is 4.04. The molecule has 8 heteroatoms. The molecule has 108 valence electrons. The van der Waals surface area contributed by atoms with Crippen LogP contribution in [0.2, 0.25) is 5.02 Å².